The fourth-order valence-electron chi connectivity index (χ4n) is 3.98. The van der Waals surface area contributed by atoms with Crippen LogP contribution in [0.3, 0.4) is 0 Å². The number of pyridine rings is 1. The van der Waals surface area contributed by atoms with Crippen LogP contribution in [0.5, 0.6) is 11.6 Å². The van der Waals surface area contributed by atoms with Crippen LogP contribution in [0.1, 0.15) is 37.7 Å². The number of aliphatic imine (C=N–C) groups is 2. The number of hydrogen-bond donors (Lipinski definition) is 2. The number of alkyl halides is 3. The van der Waals surface area contributed by atoms with Crippen LogP contribution in [-0.4, -0.2) is 22.6 Å². The Balaban J connectivity index is 1.66. The maximum absolute atomic E-state index is 12.7. The molecule has 4 rings (SSSR count). The quantitative estimate of drug-likeness (QED) is 0.611. The van der Waals surface area contributed by atoms with Gasteiger partial charge in [0.2, 0.25) is 17.8 Å². The van der Waals surface area contributed by atoms with Crippen LogP contribution in [0.25, 0.3) is 0 Å². The highest BCUT2D eigenvalue weighted by molar-refractivity contribution is 6.37. The molecule has 7 nitrogen and oxygen atoms in total. The third kappa shape index (κ3) is 4.29. The molecule has 1 spiro atoms. The number of rotatable bonds is 3. The molecule has 0 bridgehead atoms. The van der Waals surface area contributed by atoms with E-state index in [2.05, 4.69) is 15.0 Å². The topological polar surface area (TPSA) is 102 Å². The van der Waals surface area contributed by atoms with Crippen molar-refractivity contribution >= 4 is 40.8 Å². The fourth-order valence-corrected chi connectivity index (χ4v) is 4.53. The summed E-state index contributed by atoms with van der Waals surface area (Å²) < 4.78 is 43.8. The molecule has 12 heteroatoms. The molecule has 2 heterocycles. The van der Waals surface area contributed by atoms with Crippen molar-refractivity contribution in [1.29, 1.82) is 0 Å². The van der Waals surface area contributed by atoms with Crippen molar-refractivity contribution in [3.63, 3.8) is 0 Å². The van der Waals surface area contributed by atoms with E-state index in [0.717, 1.165) is 44.2 Å². The Morgan fingerprint density at radius 1 is 1.03 bits per heavy atom. The van der Waals surface area contributed by atoms with Gasteiger partial charge in [0.05, 0.1) is 15.6 Å². The molecule has 1 aliphatic heterocycles. The van der Waals surface area contributed by atoms with Crippen molar-refractivity contribution in [1.82, 2.24) is 4.98 Å². The zero-order valence-corrected chi connectivity index (χ0v) is 18.2. The van der Waals surface area contributed by atoms with E-state index in [1.807, 2.05) is 0 Å². The molecule has 4 N–H and O–H groups in total. The van der Waals surface area contributed by atoms with Gasteiger partial charge in [-0.1, -0.05) is 29.6 Å². The van der Waals surface area contributed by atoms with Gasteiger partial charge in [0, 0.05) is 18.0 Å². The summed E-state index contributed by atoms with van der Waals surface area (Å²) in [6.07, 6.45) is 0.604. The standard InChI is InChI=1S/C20H19Cl2F3N6O/c21-13-8-12(31-18(27)29-17(26)30-19(31)6-2-1-3-7-19)9-14(22)16(13)32-15-5-4-11(10-28-15)20(23,24)25/h4-5,8-10H,1-3,6-7H2,(H4,26,27,29,30). The summed E-state index contributed by atoms with van der Waals surface area (Å²) in [7, 11) is 0. The molecule has 0 unspecified atom stereocenters. The molecule has 0 saturated heterocycles. The number of aromatic nitrogens is 1. The summed E-state index contributed by atoms with van der Waals surface area (Å²) in [4.78, 5) is 14.1. The Morgan fingerprint density at radius 3 is 2.25 bits per heavy atom. The van der Waals surface area contributed by atoms with E-state index in [4.69, 9.17) is 39.4 Å². The molecule has 32 heavy (non-hydrogen) atoms. The highest BCUT2D eigenvalue weighted by Gasteiger charge is 2.43. The summed E-state index contributed by atoms with van der Waals surface area (Å²) in [5.41, 5.74) is 11.1. The van der Waals surface area contributed by atoms with E-state index in [9.17, 15) is 13.2 Å². The van der Waals surface area contributed by atoms with Crippen LogP contribution in [-0.2, 0) is 6.18 Å². The van der Waals surface area contributed by atoms with Crippen molar-refractivity contribution in [2.45, 2.75) is 43.9 Å². The Hall–Kier alpha value is -2.72. The molecule has 1 aliphatic carbocycles. The predicted octanol–water partition coefficient (Wildman–Crippen LogP) is 5.31. The first-order valence-electron chi connectivity index (χ1n) is 9.79. The number of halogens is 5. The second-order valence-electron chi connectivity index (χ2n) is 7.54. The molecular formula is C20H19Cl2F3N6O. The largest absolute Gasteiger partial charge is 0.436 e. The molecule has 2 aliphatic rings. The van der Waals surface area contributed by atoms with Gasteiger partial charge >= 0.3 is 6.18 Å². The minimum Gasteiger partial charge on any atom is -0.436 e. The van der Waals surface area contributed by atoms with Crippen LogP contribution < -0.4 is 21.1 Å². The number of guanidine groups is 2. The predicted molar refractivity (Wildman–Crippen MR) is 117 cm³/mol. The van der Waals surface area contributed by atoms with Gasteiger partial charge in [-0.25, -0.2) is 9.98 Å². The molecule has 1 saturated carbocycles. The Morgan fingerprint density at radius 2 is 1.69 bits per heavy atom. The van der Waals surface area contributed by atoms with Gasteiger partial charge in [-0.15, -0.1) is 0 Å². The summed E-state index contributed by atoms with van der Waals surface area (Å²) >= 11 is 12.9. The van der Waals surface area contributed by atoms with E-state index in [-0.39, 0.29) is 33.6 Å². The first kappa shape index (κ1) is 22.5. The van der Waals surface area contributed by atoms with Crippen LogP contribution in [0.2, 0.25) is 10.0 Å². The number of nitrogens with zero attached hydrogens (tertiary/aromatic N) is 4. The van der Waals surface area contributed by atoms with Crippen LogP contribution >= 0.6 is 23.2 Å². The van der Waals surface area contributed by atoms with Crippen LogP contribution in [0, 0.1) is 0 Å². The lowest BCUT2D eigenvalue weighted by Gasteiger charge is -2.45. The maximum Gasteiger partial charge on any atom is 0.417 e. The van der Waals surface area contributed by atoms with Gasteiger partial charge in [-0.3, -0.25) is 4.90 Å². The number of benzene rings is 1. The average molecular weight is 487 g/mol. The van der Waals surface area contributed by atoms with Gasteiger partial charge in [-0.2, -0.15) is 18.2 Å². The maximum atomic E-state index is 12.7. The second kappa shape index (κ2) is 8.32. The monoisotopic (exact) mass is 486 g/mol. The van der Waals surface area contributed by atoms with Crippen LogP contribution in [0.4, 0.5) is 18.9 Å². The van der Waals surface area contributed by atoms with Crippen LogP contribution in [0.15, 0.2) is 40.4 Å². The molecular weight excluding hydrogens is 468 g/mol. The second-order valence-corrected chi connectivity index (χ2v) is 8.36. The first-order chi connectivity index (χ1) is 15.1. The smallest absolute Gasteiger partial charge is 0.417 e. The molecule has 0 amide bonds. The van der Waals surface area contributed by atoms with Gasteiger partial charge in [-0.05, 0) is 43.9 Å². The SMILES string of the molecule is NC1=NC2(CCCCC2)N(c2cc(Cl)c(Oc3ccc(C(F)(F)F)cn3)c(Cl)c2)C(N)=N1. The van der Waals surface area contributed by atoms with Gasteiger partial charge in [0.15, 0.2) is 5.75 Å². The van der Waals surface area contributed by atoms with E-state index in [0.29, 0.717) is 11.9 Å². The number of nitrogens with two attached hydrogens (primary N) is 2. The fraction of sp³-hybridized carbons (Fsp3) is 0.350. The Labute approximate surface area is 191 Å². The molecule has 1 aromatic heterocycles. The zero-order valence-electron chi connectivity index (χ0n) is 16.7. The highest BCUT2D eigenvalue weighted by Crippen LogP contribution is 2.44. The normalized spacial score (nSPS) is 18.3. The zero-order chi connectivity index (χ0) is 23.1. The van der Waals surface area contributed by atoms with E-state index < -0.39 is 17.4 Å². The third-order valence-corrected chi connectivity index (χ3v) is 5.92. The molecule has 0 atom stereocenters. The van der Waals surface area contributed by atoms with Crippen molar-refractivity contribution in [3.05, 3.63) is 46.1 Å². The van der Waals surface area contributed by atoms with E-state index in [1.54, 1.807) is 17.0 Å². The Bertz CT molecular complexity index is 1060. The highest BCUT2D eigenvalue weighted by atomic mass is 35.5. The summed E-state index contributed by atoms with van der Waals surface area (Å²) in [6, 6.07) is 5.12. The minimum atomic E-state index is -4.50. The number of hydrogen-bond acceptors (Lipinski definition) is 7. The van der Waals surface area contributed by atoms with Crippen molar-refractivity contribution in [2.24, 2.45) is 21.5 Å². The number of ether oxygens (including phenoxy) is 1. The number of anilines is 1. The van der Waals surface area contributed by atoms with Crippen molar-refractivity contribution < 1.29 is 17.9 Å². The van der Waals surface area contributed by atoms with Gasteiger partial charge < -0.3 is 16.2 Å². The molecule has 2 aromatic rings. The molecule has 170 valence electrons. The minimum absolute atomic E-state index is 0.0533. The van der Waals surface area contributed by atoms with Gasteiger partial charge in [0.1, 0.15) is 5.66 Å². The lowest BCUT2D eigenvalue weighted by molar-refractivity contribution is -0.137. The lowest BCUT2D eigenvalue weighted by Crippen LogP contribution is -2.58. The molecule has 0 radical (unpaired) electrons. The summed E-state index contributed by atoms with van der Waals surface area (Å²) in [5, 5.41) is 0.242. The van der Waals surface area contributed by atoms with E-state index in [1.165, 1.54) is 0 Å². The molecule has 1 aromatic carbocycles. The van der Waals surface area contributed by atoms with E-state index >= 15 is 0 Å². The summed E-state index contributed by atoms with van der Waals surface area (Å²) in [6.45, 7) is 0. The van der Waals surface area contributed by atoms with Crippen molar-refractivity contribution in [3.8, 4) is 11.6 Å². The summed E-state index contributed by atoms with van der Waals surface area (Å²) in [5.74, 6) is 0.253. The average Bonchev–Trinajstić information content (AvgIpc) is 2.70. The van der Waals surface area contributed by atoms with Gasteiger partial charge in [0.25, 0.3) is 0 Å². The lowest BCUT2D eigenvalue weighted by atomic mass is 9.87. The van der Waals surface area contributed by atoms with Crippen molar-refractivity contribution in [2.75, 3.05) is 4.90 Å². The molecule has 1 fully saturated rings. The third-order valence-electron chi connectivity index (χ3n) is 5.36. The Kier molecular flexibility index (Phi) is 5.85. The first-order valence-corrected chi connectivity index (χ1v) is 10.5.